The van der Waals surface area contributed by atoms with Gasteiger partial charge in [-0.05, 0) is 80.7 Å². The quantitative estimate of drug-likeness (QED) is 0.147. The van der Waals surface area contributed by atoms with Crippen LogP contribution < -0.4 is 0 Å². The van der Waals surface area contributed by atoms with Crippen LogP contribution in [-0.2, 0) is 37.7 Å². The normalized spacial score (nSPS) is 13.2. The Morgan fingerprint density at radius 2 is 1.97 bits per heavy atom. The van der Waals surface area contributed by atoms with Crippen molar-refractivity contribution < 1.29 is 30.0 Å². The largest absolute Gasteiger partial charge is 0.512 e. The van der Waals surface area contributed by atoms with Gasteiger partial charge in [0.2, 0.25) is 0 Å². The number of aromatic nitrogens is 1. The first-order valence-corrected chi connectivity index (χ1v) is 11.4. The number of nitrogens with zero attached hydrogens (tertiary/aromatic N) is 1. The smallest absolute Gasteiger partial charge is 0.155 e. The molecule has 3 nitrogen and oxygen atoms in total. The summed E-state index contributed by atoms with van der Waals surface area (Å²) in [5.74, 6) is -0.0625. The Morgan fingerprint density at radius 1 is 1.19 bits per heavy atom. The van der Waals surface area contributed by atoms with Crippen molar-refractivity contribution in [3.63, 3.8) is 0 Å². The van der Waals surface area contributed by atoms with E-state index in [1.807, 2.05) is 29.7 Å². The molecule has 0 saturated carbocycles. The molecule has 4 aromatic rings. The van der Waals surface area contributed by atoms with Crippen LogP contribution in [0.25, 0.3) is 31.4 Å². The van der Waals surface area contributed by atoms with Crippen LogP contribution in [-0.4, -0.2) is 15.9 Å². The molecule has 1 radical (unpaired) electrons. The molecule has 0 fully saturated rings. The van der Waals surface area contributed by atoms with Crippen LogP contribution in [0.15, 0.2) is 54.4 Å². The van der Waals surface area contributed by atoms with Gasteiger partial charge in [0.1, 0.15) is 0 Å². The molecule has 0 aliphatic heterocycles. The first-order chi connectivity index (χ1) is 15.0. The number of allylic oxidation sites excluding steroid dienone is 2. The van der Waals surface area contributed by atoms with E-state index in [-0.39, 0.29) is 31.6 Å². The topological polar surface area (TPSA) is 50.2 Å². The molecule has 1 N–H and O–H groups in total. The Labute approximate surface area is 206 Å². The summed E-state index contributed by atoms with van der Waals surface area (Å²) < 4.78 is 2.70. The van der Waals surface area contributed by atoms with Gasteiger partial charge < -0.3 is 10.1 Å². The molecule has 1 aliphatic carbocycles. The average Bonchev–Trinajstić information content (AvgIpc) is 3.12. The summed E-state index contributed by atoms with van der Waals surface area (Å²) in [7, 11) is 0. The van der Waals surface area contributed by atoms with Crippen molar-refractivity contribution in [3.05, 3.63) is 77.2 Å². The van der Waals surface area contributed by atoms with E-state index in [1.54, 1.807) is 11.1 Å². The van der Waals surface area contributed by atoms with Crippen molar-refractivity contribution >= 4 is 37.3 Å². The predicted molar refractivity (Wildman–Crippen MR) is 130 cm³/mol. The van der Waals surface area contributed by atoms with E-state index in [0.717, 1.165) is 11.3 Å². The minimum Gasteiger partial charge on any atom is -0.512 e. The molecule has 0 spiro atoms. The van der Waals surface area contributed by atoms with Crippen molar-refractivity contribution in [1.29, 1.82) is 0 Å². The Balaban J connectivity index is 0.000000318. The number of pyridine rings is 1. The van der Waals surface area contributed by atoms with Crippen LogP contribution >= 0.6 is 11.3 Å². The number of aliphatic hydroxyl groups excluding tert-OH is 1. The first-order valence-electron chi connectivity index (χ1n) is 10.6. The third-order valence-electron chi connectivity index (χ3n) is 5.65. The predicted octanol–water partition coefficient (Wildman–Crippen LogP) is 7.14. The molecule has 5 heteroatoms. The third kappa shape index (κ3) is 5.01. The monoisotopic (exact) mass is 621 g/mol. The summed E-state index contributed by atoms with van der Waals surface area (Å²) >= 11 is 1.89. The molecule has 5 rings (SSSR count). The Hall–Kier alpha value is -2.33. The van der Waals surface area contributed by atoms with Crippen LogP contribution in [0.4, 0.5) is 0 Å². The van der Waals surface area contributed by atoms with E-state index < -0.39 is 0 Å². The zero-order chi connectivity index (χ0) is 22.0. The zero-order valence-corrected chi connectivity index (χ0v) is 21.7. The number of benzene rings is 2. The van der Waals surface area contributed by atoms with Crippen LogP contribution in [0.2, 0.25) is 0 Å². The molecule has 32 heavy (non-hydrogen) atoms. The second-order valence-electron chi connectivity index (χ2n) is 8.03. The molecule has 0 atom stereocenters. The van der Waals surface area contributed by atoms with Gasteiger partial charge in [0, 0.05) is 52.9 Å². The number of fused-ring (bicyclic) bond motifs is 4. The molecule has 1 aliphatic rings. The van der Waals surface area contributed by atoms with E-state index in [4.69, 9.17) is 5.11 Å². The number of carbonyl (C=O) groups excluding carboxylic acids is 1. The minimum atomic E-state index is -0.125. The Bertz CT molecular complexity index is 1290. The van der Waals surface area contributed by atoms with Gasteiger partial charge in [0.05, 0.1) is 5.76 Å². The molecular formula is C27H26IrNO2S-. The summed E-state index contributed by atoms with van der Waals surface area (Å²) in [6, 6.07) is 16.1. The number of hydrogen-bond acceptors (Lipinski definition) is 4. The first kappa shape index (κ1) is 24.3. The van der Waals surface area contributed by atoms with Gasteiger partial charge in [-0.15, -0.1) is 47.2 Å². The zero-order valence-electron chi connectivity index (χ0n) is 18.5. The van der Waals surface area contributed by atoms with Crippen molar-refractivity contribution in [2.75, 3.05) is 0 Å². The molecule has 2 aromatic carbocycles. The standard InChI is InChI=1S/C22H18NS.C5H8O2.Ir/c1-14-17-10-6-5-9-16(17)13-19-20(14)18-11-12-23-21(22(18)24-19)15-7-3-2-4-8-15;1-4(6)3-5(2)7;/h2-4,7,11-13H,5-6,9-10H2,1H3;3,6H,1-2H3;/q-1;;/b;4-3-;. The van der Waals surface area contributed by atoms with E-state index in [2.05, 4.69) is 42.2 Å². The van der Waals surface area contributed by atoms with E-state index in [0.29, 0.717) is 0 Å². The van der Waals surface area contributed by atoms with E-state index in [9.17, 15) is 4.79 Å². The van der Waals surface area contributed by atoms with Crippen LogP contribution in [0.1, 0.15) is 43.4 Å². The molecule has 167 valence electrons. The summed E-state index contributed by atoms with van der Waals surface area (Å²) in [6.45, 7) is 5.16. The average molecular weight is 621 g/mol. The van der Waals surface area contributed by atoms with E-state index >= 15 is 0 Å². The number of thiophene rings is 1. The molecule has 0 amide bonds. The summed E-state index contributed by atoms with van der Waals surface area (Å²) in [5, 5.41) is 11.2. The van der Waals surface area contributed by atoms with Gasteiger partial charge in [-0.1, -0.05) is 0 Å². The fourth-order valence-corrected chi connectivity index (χ4v) is 5.71. The van der Waals surface area contributed by atoms with Crippen molar-refractivity contribution in [1.82, 2.24) is 4.98 Å². The van der Waals surface area contributed by atoms with Crippen LogP contribution in [0, 0.1) is 13.0 Å². The molecule has 2 heterocycles. The minimum absolute atomic E-state index is 0. The summed E-state index contributed by atoms with van der Waals surface area (Å²) in [4.78, 5) is 14.7. The van der Waals surface area contributed by atoms with Crippen molar-refractivity contribution in [2.45, 2.75) is 46.5 Å². The molecule has 2 aromatic heterocycles. The number of aryl methyl sites for hydroxylation is 2. The molecular weight excluding hydrogens is 595 g/mol. The number of carbonyl (C=O) groups is 1. The fourth-order valence-electron chi connectivity index (χ4n) is 4.38. The Kier molecular flexibility index (Phi) is 8.00. The third-order valence-corrected chi connectivity index (χ3v) is 6.81. The summed E-state index contributed by atoms with van der Waals surface area (Å²) in [5.41, 5.74) is 6.79. The number of rotatable bonds is 2. The molecule has 0 bridgehead atoms. The number of hydrogen-bond donors (Lipinski definition) is 1. The van der Waals surface area contributed by atoms with Gasteiger partial charge in [-0.2, -0.15) is 0 Å². The van der Waals surface area contributed by atoms with Crippen LogP contribution in [0.5, 0.6) is 0 Å². The SMILES string of the molecule is CC(=O)/C=C(/C)O.Cc1c2c(cc3sc4c(-c5[c-]cccc5)nccc4c13)CCCC2.[Ir]. The molecule has 0 saturated heterocycles. The van der Waals surface area contributed by atoms with Crippen LogP contribution in [0.3, 0.4) is 0 Å². The fraction of sp³-hybridized carbons (Fsp3) is 0.259. The molecule has 0 unspecified atom stereocenters. The number of ketones is 1. The van der Waals surface area contributed by atoms with Gasteiger partial charge in [0.25, 0.3) is 0 Å². The maximum Gasteiger partial charge on any atom is 0.155 e. The van der Waals surface area contributed by atoms with Gasteiger partial charge in [0.15, 0.2) is 5.78 Å². The maximum atomic E-state index is 10.0. The van der Waals surface area contributed by atoms with Crippen molar-refractivity contribution in [3.8, 4) is 11.3 Å². The number of aliphatic hydroxyl groups is 1. The second-order valence-corrected chi connectivity index (χ2v) is 9.08. The van der Waals surface area contributed by atoms with Gasteiger partial charge in [-0.3, -0.25) is 4.79 Å². The van der Waals surface area contributed by atoms with Crippen molar-refractivity contribution in [2.24, 2.45) is 0 Å². The Morgan fingerprint density at radius 3 is 2.62 bits per heavy atom. The van der Waals surface area contributed by atoms with E-state index in [1.165, 1.54) is 71.3 Å². The second kappa shape index (κ2) is 10.5. The van der Waals surface area contributed by atoms with Gasteiger partial charge in [-0.25, -0.2) is 0 Å². The van der Waals surface area contributed by atoms with Gasteiger partial charge >= 0.3 is 0 Å². The maximum absolute atomic E-state index is 10.0. The summed E-state index contributed by atoms with van der Waals surface area (Å²) in [6.07, 6.45) is 8.24.